The number of benzene rings is 2. The Hall–Kier alpha value is -4.22. The molecule has 0 saturated heterocycles. The molecule has 210 valence electrons. The van der Waals surface area contributed by atoms with E-state index in [1.165, 1.54) is 0 Å². The Morgan fingerprint density at radius 2 is 1.77 bits per heavy atom. The molecule has 1 unspecified atom stereocenters. The molecule has 40 heavy (non-hydrogen) atoms. The van der Waals surface area contributed by atoms with Crippen LogP contribution in [0.25, 0.3) is 5.69 Å². The van der Waals surface area contributed by atoms with Gasteiger partial charge in [0.25, 0.3) is 0 Å². The Kier molecular flexibility index (Phi) is 8.86. The van der Waals surface area contributed by atoms with Gasteiger partial charge in [-0.2, -0.15) is 5.10 Å². The lowest BCUT2D eigenvalue weighted by molar-refractivity contribution is 0.262. The molecule has 11 heteroatoms. The number of nitrogens with zero attached hydrogens (tertiary/aromatic N) is 3. The Morgan fingerprint density at radius 3 is 2.40 bits per heavy atom. The molecule has 0 fully saturated rings. The molecule has 4 rings (SSSR count). The van der Waals surface area contributed by atoms with Gasteiger partial charge in [0.15, 0.2) is 10.0 Å². The SMILES string of the molecule is CCOS(=N)(=O)c1ccc(-n2nc(C(C)(C)C)cc2NC(=O)Nc2ccc(OCCc3cccnc3)cc2)cc1. The summed E-state index contributed by atoms with van der Waals surface area (Å²) >= 11 is 0. The molecule has 0 aliphatic rings. The van der Waals surface area contributed by atoms with Gasteiger partial charge in [0.2, 0.25) is 0 Å². The van der Waals surface area contributed by atoms with Crippen LogP contribution in [0.15, 0.2) is 84.0 Å². The minimum Gasteiger partial charge on any atom is -0.493 e. The van der Waals surface area contributed by atoms with Crippen LogP contribution in [-0.4, -0.2) is 38.2 Å². The smallest absolute Gasteiger partial charge is 0.324 e. The number of aromatic nitrogens is 3. The minimum atomic E-state index is -3.33. The maximum atomic E-state index is 12.9. The second kappa shape index (κ2) is 12.3. The first-order chi connectivity index (χ1) is 19.0. The van der Waals surface area contributed by atoms with E-state index < -0.39 is 16.0 Å². The van der Waals surface area contributed by atoms with Gasteiger partial charge in [0.1, 0.15) is 11.6 Å². The lowest BCUT2D eigenvalue weighted by Crippen LogP contribution is -2.21. The van der Waals surface area contributed by atoms with Crippen molar-refractivity contribution in [1.82, 2.24) is 14.8 Å². The van der Waals surface area contributed by atoms with E-state index in [0.717, 1.165) is 17.7 Å². The van der Waals surface area contributed by atoms with Crippen LogP contribution in [0.3, 0.4) is 0 Å². The summed E-state index contributed by atoms with van der Waals surface area (Å²) in [5.41, 5.74) is 2.84. The molecule has 2 heterocycles. The van der Waals surface area contributed by atoms with E-state index in [1.54, 1.807) is 66.3 Å². The van der Waals surface area contributed by atoms with Gasteiger partial charge in [-0.15, -0.1) is 0 Å². The fraction of sp³-hybridized carbons (Fsp3) is 0.276. The molecule has 0 bridgehead atoms. The number of urea groups is 1. The maximum Gasteiger partial charge on any atom is 0.324 e. The van der Waals surface area contributed by atoms with E-state index in [1.807, 2.05) is 45.2 Å². The Balaban J connectivity index is 1.44. The fourth-order valence-electron chi connectivity index (χ4n) is 3.78. The molecule has 3 N–H and O–H groups in total. The molecule has 10 nitrogen and oxygen atoms in total. The first kappa shape index (κ1) is 28.8. The third kappa shape index (κ3) is 7.45. The largest absolute Gasteiger partial charge is 0.493 e. The van der Waals surface area contributed by atoms with Crippen LogP contribution in [0.2, 0.25) is 0 Å². The van der Waals surface area contributed by atoms with Crippen LogP contribution >= 0.6 is 0 Å². The Bertz CT molecular complexity index is 1530. The van der Waals surface area contributed by atoms with Crippen LogP contribution in [0, 0.1) is 4.78 Å². The zero-order valence-electron chi connectivity index (χ0n) is 23.0. The van der Waals surface area contributed by atoms with Crippen LogP contribution in [0.4, 0.5) is 16.3 Å². The molecular formula is C29H34N6O4S. The third-order valence-electron chi connectivity index (χ3n) is 5.89. The lowest BCUT2D eigenvalue weighted by Gasteiger charge is -2.14. The third-order valence-corrected chi connectivity index (χ3v) is 7.35. The highest BCUT2D eigenvalue weighted by molar-refractivity contribution is 7.87. The summed E-state index contributed by atoms with van der Waals surface area (Å²) in [6, 6.07) is 19.0. The van der Waals surface area contributed by atoms with Gasteiger partial charge in [-0.1, -0.05) is 26.8 Å². The molecule has 0 aliphatic carbocycles. The molecule has 4 aromatic rings. The molecule has 2 aromatic heterocycles. The fourth-order valence-corrected chi connectivity index (χ4v) is 4.74. The number of nitrogens with one attached hydrogen (secondary N) is 3. The van der Waals surface area contributed by atoms with Gasteiger partial charge in [-0.3, -0.25) is 14.5 Å². The first-order valence-corrected chi connectivity index (χ1v) is 14.4. The van der Waals surface area contributed by atoms with Crippen LogP contribution < -0.4 is 15.4 Å². The first-order valence-electron chi connectivity index (χ1n) is 12.9. The summed E-state index contributed by atoms with van der Waals surface area (Å²) < 4.78 is 32.9. The molecule has 2 amide bonds. The van der Waals surface area contributed by atoms with Gasteiger partial charge in [-0.05, 0) is 67.1 Å². The van der Waals surface area contributed by atoms with Crippen molar-refractivity contribution in [3.8, 4) is 11.4 Å². The van der Waals surface area contributed by atoms with E-state index in [-0.39, 0.29) is 16.9 Å². The van der Waals surface area contributed by atoms with Crippen molar-refractivity contribution in [2.45, 2.75) is 44.4 Å². The topological polar surface area (TPSA) is 131 Å². The van der Waals surface area contributed by atoms with Crippen molar-refractivity contribution in [3.05, 3.63) is 90.4 Å². The quantitative estimate of drug-likeness (QED) is 0.211. The van der Waals surface area contributed by atoms with Crippen molar-refractivity contribution in [2.75, 3.05) is 23.8 Å². The number of carbonyl (C=O) groups excluding carboxylic acids is 1. The Labute approximate surface area is 234 Å². The number of amides is 2. The zero-order chi connectivity index (χ0) is 28.8. The summed E-state index contributed by atoms with van der Waals surface area (Å²) in [4.78, 5) is 17.3. The van der Waals surface area contributed by atoms with Crippen LogP contribution in [-0.2, 0) is 26.0 Å². The number of hydrogen-bond acceptors (Lipinski definition) is 7. The van der Waals surface area contributed by atoms with Gasteiger partial charge in [-0.25, -0.2) is 18.5 Å². The van der Waals surface area contributed by atoms with Crippen molar-refractivity contribution in [1.29, 1.82) is 4.78 Å². The van der Waals surface area contributed by atoms with Crippen molar-refractivity contribution < 1.29 is 17.9 Å². The number of carbonyl (C=O) groups is 1. The highest BCUT2D eigenvalue weighted by atomic mass is 32.2. The molecule has 0 saturated carbocycles. The molecule has 2 aromatic carbocycles. The molecule has 0 radical (unpaired) electrons. The highest BCUT2D eigenvalue weighted by Gasteiger charge is 2.22. The predicted octanol–water partition coefficient (Wildman–Crippen LogP) is 6.19. The minimum absolute atomic E-state index is 0.170. The van der Waals surface area contributed by atoms with Crippen LogP contribution in [0.5, 0.6) is 5.75 Å². The van der Waals surface area contributed by atoms with E-state index in [4.69, 9.17) is 18.8 Å². The average molecular weight is 563 g/mol. The summed E-state index contributed by atoms with van der Waals surface area (Å²) in [5, 5.41) is 10.4. The summed E-state index contributed by atoms with van der Waals surface area (Å²) in [6.45, 7) is 8.48. The van der Waals surface area contributed by atoms with Crippen molar-refractivity contribution in [3.63, 3.8) is 0 Å². The maximum absolute atomic E-state index is 12.9. The second-order valence-electron chi connectivity index (χ2n) is 10.0. The standard InChI is InChI=1S/C29H34N6O4S/c1-5-39-40(30,37)25-14-10-23(11-15-25)35-27(19-26(34-35)29(2,3)4)33-28(36)32-22-8-12-24(13-9-22)38-18-16-21-7-6-17-31-20-21/h6-15,17,19-20,30H,5,16,18H2,1-4H3,(H2,32,33,36). The summed E-state index contributed by atoms with van der Waals surface area (Å²) in [6.07, 6.45) is 4.31. The molecule has 0 spiro atoms. The van der Waals surface area contributed by atoms with Gasteiger partial charge in [0, 0.05) is 36.0 Å². The zero-order valence-corrected chi connectivity index (χ0v) is 23.8. The molecule has 1 atom stereocenters. The number of pyridine rings is 1. The average Bonchev–Trinajstić information content (AvgIpc) is 3.35. The highest BCUT2D eigenvalue weighted by Crippen LogP contribution is 2.27. The van der Waals surface area contributed by atoms with Gasteiger partial charge < -0.3 is 10.1 Å². The molecular weight excluding hydrogens is 528 g/mol. The number of ether oxygens (including phenoxy) is 1. The van der Waals surface area contributed by atoms with Crippen molar-refractivity contribution >= 4 is 27.5 Å². The van der Waals surface area contributed by atoms with Crippen molar-refractivity contribution in [2.24, 2.45) is 0 Å². The van der Waals surface area contributed by atoms with Crippen LogP contribution in [0.1, 0.15) is 39.0 Å². The van der Waals surface area contributed by atoms with E-state index in [9.17, 15) is 9.00 Å². The van der Waals surface area contributed by atoms with E-state index in [0.29, 0.717) is 29.5 Å². The summed E-state index contributed by atoms with van der Waals surface area (Å²) in [5.74, 6) is 1.16. The lowest BCUT2D eigenvalue weighted by atomic mass is 9.92. The monoisotopic (exact) mass is 562 g/mol. The van der Waals surface area contributed by atoms with E-state index >= 15 is 0 Å². The summed E-state index contributed by atoms with van der Waals surface area (Å²) in [7, 11) is -3.33. The number of rotatable bonds is 10. The van der Waals surface area contributed by atoms with E-state index in [2.05, 4.69) is 15.6 Å². The molecule has 0 aliphatic heterocycles. The number of hydrogen-bond donors (Lipinski definition) is 3. The number of anilines is 2. The van der Waals surface area contributed by atoms with Gasteiger partial charge >= 0.3 is 6.03 Å². The Morgan fingerprint density at radius 1 is 1.05 bits per heavy atom. The van der Waals surface area contributed by atoms with Gasteiger partial charge in [0.05, 0.1) is 29.5 Å². The predicted molar refractivity (Wildman–Crippen MR) is 156 cm³/mol. The normalized spacial score (nSPS) is 12.9. The second-order valence-corrected chi connectivity index (χ2v) is 11.8.